The van der Waals surface area contributed by atoms with Crippen LogP contribution < -0.4 is 10.1 Å². The maximum atomic E-state index is 12.4. The van der Waals surface area contributed by atoms with Gasteiger partial charge in [0.05, 0.1) is 31.1 Å². The van der Waals surface area contributed by atoms with Crippen molar-refractivity contribution in [3.63, 3.8) is 0 Å². The largest absolute Gasteiger partial charge is 0.495 e. The fourth-order valence-corrected chi connectivity index (χ4v) is 3.95. The number of hydrogen-bond donors (Lipinski definition) is 1. The van der Waals surface area contributed by atoms with Crippen LogP contribution in [0, 0.1) is 11.8 Å². The monoisotopic (exact) mass is 402 g/mol. The average molecular weight is 402 g/mol. The van der Waals surface area contributed by atoms with Crippen molar-refractivity contribution in [3.8, 4) is 5.75 Å². The Kier molecular flexibility index (Phi) is 6.51. The van der Waals surface area contributed by atoms with Gasteiger partial charge in [-0.2, -0.15) is 0 Å². The zero-order valence-electron chi connectivity index (χ0n) is 16.7. The molecule has 3 atom stereocenters. The first-order chi connectivity index (χ1) is 13.9. The summed E-state index contributed by atoms with van der Waals surface area (Å²) in [5.74, 6) is -1.49. The molecule has 1 N–H and O–H groups in total. The fourth-order valence-electron chi connectivity index (χ4n) is 3.95. The topological polar surface area (TPSA) is 102 Å². The molecule has 1 heterocycles. The minimum Gasteiger partial charge on any atom is -0.495 e. The van der Waals surface area contributed by atoms with Gasteiger partial charge in [-0.25, -0.2) is 0 Å². The van der Waals surface area contributed by atoms with Crippen LogP contribution in [0.5, 0.6) is 5.75 Å². The van der Waals surface area contributed by atoms with E-state index in [0.717, 1.165) is 25.7 Å². The molecule has 1 saturated carbocycles. The van der Waals surface area contributed by atoms with Crippen molar-refractivity contribution in [2.24, 2.45) is 11.8 Å². The maximum absolute atomic E-state index is 12.4. The van der Waals surface area contributed by atoms with Crippen LogP contribution in [0.15, 0.2) is 24.3 Å². The highest BCUT2D eigenvalue weighted by Crippen LogP contribution is 2.38. The Morgan fingerprint density at radius 3 is 2.38 bits per heavy atom. The first kappa shape index (κ1) is 20.8. The Hall–Kier alpha value is -2.90. The van der Waals surface area contributed by atoms with Gasteiger partial charge in [-0.15, -0.1) is 0 Å². The zero-order valence-corrected chi connectivity index (χ0v) is 16.7. The van der Waals surface area contributed by atoms with Gasteiger partial charge < -0.3 is 14.8 Å². The van der Waals surface area contributed by atoms with Crippen molar-refractivity contribution >= 4 is 29.4 Å². The van der Waals surface area contributed by atoms with Crippen LogP contribution >= 0.6 is 0 Å². The van der Waals surface area contributed by atoms with Crippen molar-refractivity contribution in [3.05, 3.63) is 24.3 Å². The summed E-state index contributed by atoms with van der Waals surface area (Å²) in [7, 11) is 1.49. The van der Waals surface area contributed by atoms with E-state index in [9.17, 15) is 19.2 Å². The summed E-state index contributed by atoms with van der Waals surface area (Å²) >= 11 is 0. The molecule has 8 nitrogen and oxygen atoms in total. The number of rotatable bonds is 7. The molecule has 1 aromatic carbocycles. The predicted molar refractivity (Wildman–Crippen MR) is 104 cm³/mol. The third-order valence-corrected chi connectivity index (χ3v) is 5.51. The van der Waals surface area contributed by atoms with Crippen molar-refractivity contribution in [1.29, 1.82) is 0 Å². The zero-order chi connectivity index (χ0) is 21.0. The molecular weight excluding hydrogens is 376 g/mol. The molecule has 3 rings (SSSR count). The lowest BCUT2D eigenvalue weighted by molar-refractivity contribution is -0.154. The molecule has 8 heteroatoms. The van der Waals surface area contributed by atoms with Crippen LogP contribution in [0.4, 0.5) is 5.69 Å². The maximum Gasteiger partial charge on any atom is 0.308 e. The molecule has 1 saturated heterocycles. The van der Waals surface area contributed by atoms with Crippen LogP contribution in [-0.2, 0) is 23.9 Å². The molecule has 0 bridgehead atoms. The van der Waals surface area contributed by atoms with Crippen molar-refractivity contribution < 1.29 is 28.7 Å². The highest BCUT2D eigenvalue weighted by atomic mass is 16.5. The van der Waals surface area contributed by atoms with Crippen LogP contribution in [-0.4, -0.2) is 48.3 Å². The summed E-state index contributed by atoms with van der Waals surface area (Å²) in [6, 6.07) is 6.90. The summed E-state index contributed by atoms with van der Waals surface area (Å²) < 4.78 is 10.3. The highest BCUT2D eigenvalue weighted by Gasteiger charge is 2.47. The number of ether oxygens (including phenoxy) is 2. The minimum absolute atomic E-state index is 0.00958. The van der Waals surface area contributed by atoms with E-state index in [4.69, 9.17) is 9.47 Å². The van der Waals surface area contributed by atoms with E-state index in [1.807, 2.05) is 0 Å². The van der Waals surface area contributed by atoms with Gasteiger partial charge in [0.1, 0.15) is 5.75 Å². The SMILES string of the molecule is COc1ccccc1NC(=O)C(C)OC(=O)CCN1C(=O)C2CCCCC2C1=O. The molecule has 1 aromatic rings. The van der Waals surface area contributed by atoms with Gasteiger partial charge in [0.2, 0.25) is 11.8 Å². The Morgan fingerprint density at radius 1 is 1.14 bits per heavy atom. The van der Waals surface area contributed by atoms with Crippen LogP contribution in [0.2, 0.25) is 0 Å². The highest BCUT2D eigenvalue weighted by molar-refractivity contribution is 6.05. The van der Waals surface area contributed by atoms with Gasteiger partial charge in [-0.3, -0.25) is 24.1 Å². The number of carbonyl (C=O) groups is 4. The van der Waals surface area contributed by atoms with Crippen molar-refractivity contribution in [2.45, 2.75) is 45.1 Å². The van der Waals surface area contributed by atoms with E-state index < -0.39 is 18.0 Å². The van der Waals surface area contributed by atoms with E-state index in [1.165, 1.54) is 18.9 Å². The standard InChI is InChI=1S/C21H26N2O6/c1-13(19(25)22-16-9-5-6-10-17(16)28-2)29-18(24)11-12-23-20(26)14-7-3-4-8-15(14)21(23)27/h5-6,9-10,13-15H,3-4,7-8,11-12H2,1-2H3,(H,22,25). The molecule has 1 aliphatic carbocycles. The number of hydrogen-bond acceptors (Lipinski definition) is 6. The Balaban J connectivity index is 1.49. The number of anilines is 1. The Labute approximate surface area is 169 Å². The van der Waals surface area contributed by atoms with Crippen LogP contribution in [0.3, 0.4) is 0 Å². The fraction of sp³-hybridized carbons (Fsp3) is 0.524. The van der Waals surface area contributed by atoms with E-state index in [1.54, 1.807) is 24.3 Å². The summed E-state index contributed by atoms with van der Waals surface area (Å²) in [4.78, 5) is 50.5. The second-order valence-electron chi connectivity index (χ2n) is 7.40. The lowest BCUT2D eigenvalue weighted by atomic mass is 9.81. The van der Waals surface area contributed by atoms with Gasteiger partial charge in [0.15, 0.2) is 6.10 Å². The van der Waals surface area contributed by atoms with Gasteiger partial charge >= 0.3 is 5.97 Å². The molecule has 0 spiro atoms. The number of carbonyl (C=O) groups excluding carboxylic acids is 4. The number of fused-ring (bicyclic) bond motifs is 1. The molecule has 3 unspecified atom stereocenters. The average Bonchev–Trinajstić information content (AvgIpc) is 2.97. The molecule has 3 amide bonds. The van der Waals surface area contributed by atoms with Gasteiger partial charge in [0.25, 0.3) is 5.91 Å². The molecule has 2 aliphatic rings. The van der Waals surface area contributed by atoms with E-state index in [-0.39, 0.29) is 36.6 Å². The number of benzene rings is 1. The van der Waals surface area contributed by atoms with Crippen molar-refractivity contribution in [1.82, 2.24) is 4.90 Å². The number of likely N-dealkylation sites (tertiary alicyclic amines) is 1. The summed E-state index contributed by atoms with van der Waals surface area (Å²) in [5, 5.41) is 2.65. The molecule has 29 heavy (non-hydrogen) atoms. The number of nitrogens with one attached hydrogen (secondary N) is 1. The number of imide groups is 1. The summed E-state index contributed by atoms with van der Waals surface area (Å²) in [6.07, 6.45) is 2.21. The third kappa shape index (κ3) is 4.58. The predicted octanol–water partition coefficient (Wildman–Crippen LogP) is 2.13. The molecule has 2 fully saturated rings. The van der Waals surface area contributed by atoms with Gasteiger partial charge in [-0.05, 0) is 31.9 Å². The van der Waals surface area contributed by atoms with Crippen molar-refractivity contribution in [2.75, 3.05) is 19.0 Å². The third-order valence-electron chi connectivity index (χ3n) is 5.51. The Bertz CT molecular complexity index is 784. The Morgan fingerprint density at radius 2 is 1.76 bits per heavy atom. The molecule has 156 valence electrons. The smallest absolute Gasteiger partial charge is 0.308 e. The molecule has 1 aliphatic heterocycles. The first-order valence-corrected chi connectivity index (χ1v) is 9.91. The van der Waals surface area contributed by atoms with Gasteiger partial charge in [0, 0.05) is 6.54 Å². The van der Waals surface area contributed by atoms with E-state index in [0.29, 0.717) is 11.4 Å². The summed E-state index contributed by atoms with van der Waals surface area (Å²) in [5.41, 5.74) is 0.471. The normalized spacial score (nSPS) is 22.1. The first-order valence-electron chi connectivity index (χ1n) is 9.91. The van der Waals surface area contributed by atoms with Crippen LogP contribution in [0.25, 0.3) is 0 Å². The lowest BCUT2D eigenvalue weighted by Gasteiger charge is -2.19. The number of amides is 3. The number of nitrogens with zero attached hydrogens (tertiary/aromatic N) is 1. The number of methoxy groups -OCH3 is 1. The lowest BCUT2D eigenvalue weighted by Crippen LogP contribution is -2.35. The van der Waals surface area contributed by atoms with E-state index >= 15 is 0 Å². The van der Waals surface area contributed by atoms with Gasteiger partial charge in [-0.1, -0.05) is 25.0 Å². The molecule has 0 aromatic heterocycles. The van der Waals surface area contributed by atoms with E-state index in [2.05, 4.69) is 5.32 Å². The second kappa shape index (κ2) is 9.07. The second-order valence-corrected chi connectivity index (χ2v) is 7.40. The number of esters is 1. The number of para-hydroxylation sites is 2. The molecule has 0 radical (unpaired) electrons. The minimum atomic E-state index is -1.03. The summed E-state index contributed by atoms with van der Waals surface area (Å²) in [6.45, 7) is 1.45. The quantitative estimate of drug-likeness (QED) is 0.554. The molecular formula is C21H26N2O6. The van der Waals surface area contributed by atoms with Crippen LogP contribution in [0.1, 0.15) is 39.0 Å².